The highest BCUT2D eigenvalue weighted by atomic mass is 32.2. The Bertz CT molecular complexity index is 484. The van der Waals surface area contributed by atoms with E-state index in [1.54, 1.807) is 24.3 Å². The fraction of sp³-hybridized carbons (Fsp3) is 0.533. The molecule has 0 aromatic heterocycles. The molecule has 0 amide bonds. The molecule has 0 radical (unpaired) electrons. The quantitative estimate of drug-likeness (QED) is 0.919. The van der Waals surface area contributed by atoms with Gasteiger partial charge in [-0.1, -0.05) is 32.3 Å². The van der Waals surface area contributed by atoms with Crippen molar-refractivity contribution in [3.63, 3.8) is 0 Å². The summed E-state index contributed by atoms with van der Waals surface area (Å²) in [5, 5.41) is 9.17. The van der Waals surface area contributed by atoms with Gasteiger partial charge in [0.1, 0.15) is 0 Å². The van der Waals surface area contributed by atoms with E-state index in [-0.39, 0.29) is 10.8 Å². The van der Waals surface area contributed by atoms with Crippen LogP contribution < -0.4 is 0 Å². The van der Waals surface area contributed by atoms with Crippen LogP contribution in [0.15, 0.2) is 29.2 Å². The molecular weight excluding hydrogens is 260 g/mol. The Morgan fingerprint density at radius 3 is 2.89 bits per heavy atom. The summed E-state index contributed by atoms with van der Waals surface area (Å²) >= 11 is 0. The molecule has 0 spiro atoms. The Morgan fingerprint density at radius 2 is 2.21 bits per heavy atom. The van der Waals surface area contributed by atoms with Crippen molar-refractivity contribution in [3.05, 3.63) is 29.8 Å². The third kappa shape index (κ3) is 3.44. The summed E-state index contributed by atoms with van der Waals surface area (Å²) in [4.78, 5) is 11.6. The van der Waals surface area contributed by atoms with Crippen molar-refractivity contribution in [3.8, 4) is 0 Å². The third-order valence-corrected chi connectivity index (χ3v) is 5.68. The Kier molecular flexibility index (Phi) is 4.75. The first-order valence-corrected chi connectivity index (χ1v) is 8.07. The molecule has 0 saturated heterocycles. The second-order valence-electron chi connectivity index (χ2n) is 5.19. The van der Waals surface area contributed by atoms with Gasteiger partial charge in [-0.25, -0.2) is 4.79 Å². The second kappa shape index (κ2) is 6.33. The monoisotopic (exact) mass is 280 g/mol. The number of carboxylic acid groups (broad SMARTS) is 1. The molecule has 0 bridgehead atoms. The molecule has 3 unspecified atom stereocenters. The summed E-state index contributed by atoms with van der Waals surface area (Å²) in [5.41, 5.74) is 0.216. The molecule has 1 fully saturated rings. The molecular formula is C15H20O3S. The van der Waals surface area contributed by atoms with E-state index in [1.807, 2.05) is 0 Å². The van der Waals surface area contributed by atoms with Crippen molar-refractivity contribution in [1.82, 2.24) is 0 Å². The van der Waals surface area contributed by atoms with Crippen LogP contribution in [0.2, 0.25) is 0 Å². The molecule has 1 saturated carbocycles. The SMILES string of the molecule is CCC1CCCC(S(=O)c2cccc(C(=O)O)c2)C1. The summed E-state index contributed by atoms with van der Waals surface area (Å²) in [7, 11) is -1.08. The van der Waals surface area contributed by atoms with E-state index >= 15 is 0 Å². The second-order valence-corrected chi connectivity index (χ2v) is 6.93. The molecule has 0 aliphatic heterocycles. The summed E-state index contributed by atoms with van der Waals surface area (Å²) in [6.45, 7) is 2.18. The fourth-order valence-electron chi connectivity index (χ4n) is 2.75. The number of rotatable bonds is 4. The molecule has 0 heterocycles. The van der Waals surface area contributed by atoms with E-state index in [0.717, 1.165) is 25.7 Å². The van der Waals surface area contributed by atoms with Crippen molar-refractivity contribution in [2.45, 2.75) is 49.2 Å². The predicted octanol–water partition coefficient (Wildman–Crippen LogP) is 3.46. The minimum Gasteiger partial charge on any atom is -0.478 e. The van der Waals surface area contributed by atoms with Crippen molar-refractivity contribution in [2.24, 2.45) is 5.92 Å². The van der Waals surface area contributed by atoms with Crippen LogP contribution in [0.5, 0.6) is 0 Å². The van der Waals surface area contributed by atoms with Gasteiger partial charge in [0.15, 0.2) is 0 Å². The van der Waals surface area contributed by atoms with Crippen LogP contribution in [0.3, 0.4) is 0 Å². The first-order chi connectivity index (χ1) is 9.11. The summed E-state index contributed by atoms with van der Waals surface area (Å²) in [5.74, 6) is -0.292. The van der Waals surface area contributed by atoms with Gasteiger partial charge in [0.2, 0.25) is 0 Å². The molecule has 2 rings (SSSR count). The van der Waals surface area contributed by atoms with Crippen LogP contribution in [0, 0.1) is 5.92 Å². The number of aromatic carboxylic acids is 1. The van der Waals surface area contributed by atoms with E-state index in [0.29, 0.717) is 10.8 Å². The molecule has 19 heavy (non-hydrogen) atoms. The van der Waals surface area contributed by atoms with Gasteiger partial charge in [-0.3, -0.25) is 4.21 Å². The standard InChI is InChI=1S/C15H20O3S/c1-2-11-5-3-7-13(9-11)19(18)14-8-4-6-12(10-14)15(16)17/h4,6,8,10-11,13H,2-3,5,7,9H2,1H3,(H,16,17). The van der Waals surface area contributed by atoms with Crippen molar-refractivity contribution < 1.29 is 14.1 Å². The van der Waals surface area contributed by atoms with Crippen LogP contribution in [0.1, 0.15) is 49.4 Å². The van der Waals surface area contributed by atoms with E-state index in [2.05, 4.69) is 6.92 Å². The first kappa shape index (κ1) is 14.3. The topological polar surface area (TPSA) is 54.4 Å². The molecule has 1 aliphatic carbocycles. The molecule has 104 valence electrons. The number of carboxylic acids is 1. The highest BCUT2D eigenvalue weighted by Gasteiger charge is 2.26. The first-order valence-electron chi connectivity index (χ1n) is 6.85. The van der Waals surface area contributed by atoms with Crippen LogP contribution in [0.25, 0.3) is 0 Å². The van der Waals surface area contributed by atoms with Gasteiger partial charge in [-0.15, -0.1) is 0 Å². The molecule has 3 nitrogen and oxygen atoms in total. The van der Waals surface area contributed by atoms with Gasteiger partial charge in [-0.2, -0.15) is 0 Å². The van der Waals surface area contributed by atoms with Crippen LogP contribution in [-0.2, 0) is 10.8 Å². The molecule has 1 aromatic carbocycles. The average Bonchev–Trinajstić information content (AvgIpc) is 2.46. The zero-order valence-corrected chi connectivity index (χ0v) is 12.0. The minimum absolute atomic E-state index is 0.183. The van der Waals surface area contributed by atoms with Gasteiger partial charge in [0, 0.05) is 10.1 Å². The zero-order valence-electron chi connectivity index (χ0n) is 11.2. The number of benzene rings is 1. The lowest BCUT2D eigenvalue weighted by Crippen LogP contribution is -2.24. The largest absolute Gasteiger partial charge is 0.478 e. The molecule has 1 N–H and O–H groups in total. The summed E-state index contributed by atoms with van der Waals surface area (Å²) in [6.07, 6.45) is 5.50. The maximum atomic E-state index is 12.6. The molecule has 4 heteroatoms. The maximum Gasteiger partial charge on any atom is 0.335 e. The average molecular weight is 280 g/mol. The number of hydrogen-bond acceptors (Lipinski definition) is 2. The van der Waals surface area contributed by atoms with E-state index in [4.69, 9.17) is 5.11 Å². The molecule has 3 atom stereocenters. The van der Waals surface area contributed by atoms with Crippen molar-refractivity contribution in [1.29, 1.82) is 0 Å². The number of hydrogen-bond donors (Lipinski definition) is 1. The van der Waals surface area contributed by atoms with Gasteiger partial charge >= 0.3 is 5.97 Å². The maximum absolute atomic E-state index is 12.6. The third-order valence-electron chi connectivity index (χ3n) is 3.93. The van der Waals surface area contributed by atoms with Crippen molar-refractivity contribution in [2.75, 3.05) is 0 Å². The normalized spacial score (nSPS) is 24.9. The lowest BCUT2D eigenvalue weighted by molar-refractivity contribution is 0.0696. The summed E-state index contributed by atoms with van der Waals surface area (Å²) < 4.78 is 12.6. The Balaban J connectivity index is 2.14. The lowest BCUT2D eigenvalue weighted by atomic mass is 9.87. The van der Waals surface area contributed by atoms with Gasteiger partial charge < -0.3 is 5.11 Å². The highest BCUT2D eigenvalue weighted by molar-refractivity contribution is 7.85. The van der Waals surface area contributed by atoms with Crippen LogP contribution in [-0.4, -0.2) is 20.5 Å². The Hall–Kier alpha value is -1.16. The lowest BCUT2D eigenvalue weighted by Gasteiger charge is -2.27. The van der Waals surface area contributed by atoms with E-state index < -0.39 is 16.8 Å². The Labute approximate surface area is 116 Å². The molecule has 1 aliphatic rings. The van der Waals surface area contributed by atoms with Gasteiger partial charge in [-0.05, 0) is 37.0 Å². The molecule has 1 aromatic rings. The van der Waals surface area contributed by atoms with Crippen molar-refractivity contribution >= 4 is 16.8 Å². The van der Waals surface area contributed by atoms with Gasteiger partial charge in [0.25, 0.3) is 0 Å². The number of carbonyl (C=O) groups is 1. The van der Waals surface area contributed by atoms with Crippen LogP contribution >= 0.6 is 0 Å². The summed E-state index contributed by atoms with van der Waals surface area (Å²) in [6, 6.07) is 6.54. The van der Waals surface area contributed by atoms with Crippen LogP contribution in [0.4, 0.5) is 0 Å². The van der Waals surface area contributed by atoms with E-state index in [9.17, 15) is 9.00 Å². The highest BCUT2D eigenvalue weighted by Crippen LogP contribution is 2.31. The van der Waals surface area contributed by atoms with E-state index in [1.165, 1.54) is 6.42 Å². The minimum atomic E-state index is -1.08. The Morgan fingerprint density at radius 1 is 1.42 bits per heavy atom. The smallest absolute Gasteiger partial charge is 0.335 e. The fourth-order valence-corrected chi connectivity index (χ4v) is 4.42. The van der Waals surface area contributed by atoms with Gasteiger partial charge in [0.05, 0.1) is 16.4 Å². The zero-order chi connectivity index (χ0) is 13.8. The predicted molar refractivity (Wildman–Crippen MR) is 75.8 cm³/mol.